The molecule has 2 rings (SSSR count). The fourth-order valence-corrected chi connectivity index (χ4v) is 1.54. The molecule has 0 saturated carbocycles. The van der Waals surface area contributed by atoms with Gasteiger partial charge in [-0.15, -0.1) is 0 Å². The molecule has 0 atom stereocenters. The first-order chi connectivity index (χ1) is 8.28. The first-order valence-electron chi connectivity index (χ1n) is 5.39. The van der Waals surface area contributed by atoms with Gasteiger partial charge in [-0.25, -0.2) is 0 Å². The maximum absolute atomic E-state index is 5.09. The van der Waals surface area contributed by atoms with Crippen LogP contribution in [0.3, 0.4) is 0 Å². The Bertz CT molecular complexity index is 482. The van der Waals surface area contributed by atoms with E-state index in [9.17, 15) is 0 Å². The summed E-state index contributed by atoms with van der Waals surface area (Å²) in [6, 6.07) is 8.60. The average Bonchev–Trinajstić information content (AvgIpc) is 2.74. The third-order valence-electron chi connectivity index (χ3n) is 2.27. The Kier molecular flexibility index (Phi) is 3.72. The molecule has 90 valence electrons. The fraction of sp³-hybridized carbons (Fsp3) is 0.333. The van der Waals surface area contributed by atoms with E-state index in [1.165, 1.54) is 0 Å². The van der Waals surface area contributed by atoms with Gasteiger partial charge in [0.1, 0.15) is 0 Å². The molecule has 1 N–H and O–H groups in total. The Hall–Kier alpha value is -1.88. The molecule has 1 aromatic heterocycles. The number of ether oxygens (including phenoxy) is 1. The van der Waals surface area contributed by atoms with E-state index in [2.05, 4.69) is 21.5 Å². The number of nitrogens with zero attached hydrogens (tertiary/aromatic N) is 2. The predicted molar refractivity (Wildman–Crippen MR) is 63.5 cm³/mol. The van der Waals surface area contributed by atoms with Crippen LogP contribution < -0.4 is 5.32 Å². The molecule has 0 saturated heterocycles. The summed E-state index contributed by atoms with van der Waals surface area (Å²) >= 11 is 0. The van der Waals surface area contributed by atoms with Crippen molar-refractivity contribution >= 4 is 6.01 Å². The van der Waals surface area contributed by atoms with E-state index < -0.39 is 0 Å². The van der Waals surface area contributed by atoms with Crippen molar-refractivity contribution < 1.29 is 9.26 Å². The minimum Gasteiger partial charge on any atom is -0.380 e. The van der Waals surface area contributed by atoms with E-state index >= 15 is 0 Å². The second kappa shape index (κ2) is 5.45. The van der Waals surface area contributed by atoms with Crippen molar-refractivity contribution in [2.24, 2.45) is 0 Å². The summed E-state index contributed by atoms with van der Waals surface area (Å²) in [6.45, 7) is 3.06. The maximum atomic E-state index is 5.09. The summed E-state index contributed by atoms with van der Waals surface area (Å²) in [6.07, 6.45) is 0. The van der Waals surface area contributed by atoms with Gasteiger partial charge in [-0.3, -0.25) is 0 Å². The van der Waals surface area contributed by atoms with Gasteiger partial charge in [0.25, 0.3) is 0 Å². The molecule has 0 amide bonds. The number of hydrogen-bond acceptors (Lipinski definition) is 5. The van der Waals surface area contributed by atoms with Gasteiger partial charge in [-0.2, -0.15) is 4.98 Å². The van der Waals surface area contributed by atoms with Gasteiger partial charge in [0.15, 0.2) is 5.82 Å². The number of anilines is 1. The van der Waals surface area contributed by atoms with Crippen molar-refractivity contribution in [1.82, 2.24) is 10.1 Å². The Morgan fingerprint density at radius 2 is 2.18 bits per heavy atom. The number of nitrogens with one attached hydrogen (secondary N) is 1. The molecular weight excluding hydrogens is 218 g/mol. The van der Waals surface area contributed by atoms with Crippen LogP contribution in [0.15, 0.2) is 28.8 Å². The van der Waals surface area contributed by atoms with E-state index in [1.807, 2.05) is 18.2 Å². The van der Waals surface area contributed by atoms with Crippen molar-refractivity contribution in [3.05, 3.63) is 41.2 Å². The van der Waals surface area contributed by atoms with E-state index in [1.54, 1.807) is 14.0 Å². The zero-order valence-electron chi connectivity index (χ0n) is 9.93. The topological polar surface area (TPSA) is 60.2 Å². The number of methoxy groups -OCH3 is 1. The third-order valence-corrected chi connectivity index (χ3v) is 2.27. The van der Waals surface area contributed by atoms with Crippen LogP contribution in [0.25, 0.3) is 0 Å². The Morgan fingerprint density at radius 1 is 1.35 bits per heavy atom. The highest BCUT2D eigenvalue weighted by atomic mass is 16.5. The summed E-state index contributed by atoms with van der Waals surface area (Å²) in [4.78, 5) is 4.07. The summed E-state index contributed by atoms with van der Waals surface area (Å²) in [5.41, 5.74) is 2.30. The average molecular weight is 233 g/mol. The maximum Gasteiger partial charge on any atom is 0.321 e. The first-order valence-corrected chi connectivity index (χ1v) is 5.39. The van der Waals surface area contributed by atoms with Gasteiger partial charge in [0, 0.05) is 13.7 Å². The molecule has 5 nitrogen and oxygen atoms in total. The van der Waals surface area contributed by atoms with Crippen molar-refractivity contribution in [2.75, 3.05) is 12.4 Å². The molecule has 0 bridgehead atoms. The standard InChI is InChI=1S/C12H15N3O2/c1-9-14-12(17-15-9)13-7-10-4-3-5-11(6-10)8-16-2/h3-6H,7-8H2,1-2H3,(H,13,14,15). The zero-order valence-corrected chi connectivity index (χ0v) is 9.93. The third kappa shape index (κ3) is 3.29. The second-order valence-corrected chi connectivity index (χ2v) is 3.75. The van der Waals surface area contributed by atoms with Crippen LogP contribution in [0.5, 0.6) is 0 Å². The van der Waals surface area contributed by atoms with Crippen LogP contribution in [-0.2, 0) is 17.9 Å². The molecule has 0 aliphatic heterocycles. The second-order valence-electron chi connectivity index (χ2n) is 3.75. The molecule has 0 radical (unpaired) electrons. The molecular formula is C12H15N3O2. The molecule has 1 aromatic carbocycles. The minimum atomic E-state index is 0.444. The van der Waals surface area contributed by atoms with Crippen LogP contribution >= 0.6 is 0 Å². The molecule has 1 heterocycles. The summed E-state index contributed by atoms with van der Waals surface area (Å²) < 4.78 is 10.1. The van der Waals surface area contributed by atoms with Crippen molar-refractivity contribution in [2.45, 2.75) is 20.1 Å². The van der Waals surface area contributed by atoms with Crippen LogP contribution in [-0.4, -0.2) is 17.3 Å². The number of hydrogen-bond donors (Lipinski definition) is 1. The normalized spacial score (nSPS) is 10.5. The highest BCUT2D eigenvalue weighted by Crippen LogP contribution is 2.09. The highest BCUT2D eigenvalue weighted by molar-refractivity contribution is 5.27. The fourth-order valence-electron chi connectivity index (χ4n) is 1.54. The summed E-state index contributed by atoms with van der Waals surface area (Å²) in [7, 11) is 1.69. The molecule has 5 heteroatoms. The number of aryl methyl sites for hydroxylation is 1. The lowest BCUT2D eigenvalue weighted by atomic mass is 10.1. The van der Waals surface area contributed by atoms with Crippen molar-refractivity contribution in [3.8, 4) is 0 Å². The summed E-state index contributed by atoms with van der Waals surface area (Å²) in [5.74, 6) is 0.626. The molecule has 0 fully saturated rings. The van der Waals surface area contributed by atoms with Gasteiger partial charge in [0.2, 0.25) is 0 Å². The monoisotopic (exact) mass is 233 g/mol. The van der Waals surface area contributed by atoms with Gasteiger partial charge < -0.3 is 14.6 Å². The molecule has 0 aliphatic carbocycles. The molecule has 17 heavy (non-hydrogen) atoms. The first kappa shape index (κ1) is 11.6. The minimum absolute atomic E-state index is 0.444. The highest BCUT2D eigenvalue weighted by Gasteiger charge is 2.01. The van der Waals surface area contributed by atoms with E-state index in [-0.39, 0.29) is 0 Å². The Balaban J connectivity index is 1.96. The largest absolute Gasteiger partial charge is 0.380 e. The molecule has 2 aromatic rings. The SMILES string of the molecule is COCc1cccc(CNc2nc(C)no2)c1. The predicted octanol–water partition coefficient (Wildman–Crippen LogP) is 2.14. The Labute approximate surface area is 99.8 Å². The smallest absolute Gasteiger partial charge is 0.321 e. The Morgan fingerprint density at radius 3 is 2.88 bits per heavy atom. The zero-order chi connectivity index (χ0) is 12.1. The lowest BCUT2D eigenvalue weighted by Gasteiger charge is -2.04. The van der Waals surface area contributed by atoms with Crippen LogP contribution in [0.2, 0.25) is 0 Å². The van der Waals surface area contributed by atoms with Crippen LogP contribution in [0.1, 0.15) is 17.0 Å². The molecule has 0 aliphatic rings. The van der Waals surface area contributed by atoms with Crippen LogP contribution in [0, 0.1) is 6.92 Å². The van der Waals surface area contributed by atoms with E-state index in [0.717, 1.165) is 11.1 Å². The molecule has 0 spiro atoms. The van der Waals surface area contributed by atoms with Gasteiger partial charge in [-0.1, -0.05) is 29.4 Å². The number of aromatic nitrogens is 2. The lowest BCUT2D eigenvalue weighted by molar-refractivity contribution is 0.185. The molecule has 0 unspecified atom stereocenters. The van der Waals surface area contributed by atoms with Gasteiger partial charge in [0.05, 0.1) is 6.61 Å². The summed E-state index contributed by atoms with van der Waals surface area (Å²) in [5, 5.41) is 6.78. The van der Waals surface area contributed by atoms with Crippen LogP contribution in [0.4, 0.5) is 6.01 Å². The number of rotatable bonds is 5. The van der Waals surface area contributed by atoms with E-state index in [0.29, 0.717) is 25.0 Å². The van der Waals surface area contributed by atoms with Gasteiger partial charge >= 0.3 is 6.01 Å². The van der Waals surface area contributed by atoms with Crippen molar-refractivity contribution in [3.63, 3.8) is 0 Å². The van der Waals surface area contributed by atoms with Crippen molar-refractivity contribution in [1.29, 1.82) is 0 Å². The number of benzene rings is 1. The lowest BCUT2D eigenvalue weighted by Crippen LogP contribution is -2.00. The van der Waals surface area contributed by atoms with E-state index in [4.69, 9.17) is 9.26 Å². The quantitative estimate of drug-likeness (QED) is 0.857. The van der Waals surface area contributed by atoms with Gasteiger partial charge in [-0.05, 0) is 18.1 Å².